The molecule has 0 spiro atoms. The Labute approximate surface area is 206 Å². The topological polar surface area (TPSA) is 46.0 Å². The first-order valence-corrected chi connectivity index (χ1v) is 12.0. The fourth-order valence-corrected chi connectivity index (χ4v) is 5.45. The lowest BCUT2D eigenvalue weighted by Crippen LogP contribution is -2.29. The Kier molecular flexibility index (Phi) is 5.92. The number of thiocarbonyl (C=S) groups is 1. The van der Waals surface area contributed by atoms with Crippen LogP contribution in [0.1, 0.15) is 51.5 Å². The van der Waals surface area contributed by atoms with E-state index in [1.165, 1.54) is 33.8 Å². The van der Waals surface area contributed by atoms with Crippen LogP contribution in [0.2, 0.25) is 0 Å². The normalized spacial score (nSPS) is 17.8. The fourth-order valence-electron chi connectivity index (χ4n) is 5.14. The van der Waals surface area contributed by atoms with E-state index in [4.69, 9.17) is 12.2 Å². The predicted molar refractivity (Wildman–Crippen MR) is 140 cm³/mol. The fraction of sp³-hybridized carbons (Fsp3) is 0.250. The third-order valence-electron chi connectivity index (χ3n) is 6.51. The highest BCUT2D eigenvalue weighted by Gasteiger charge is 2.41. The van der Waals surface area contributed by atoms with Crippen LogP contribution in [0.15, 0.2) is 73.1 Å². The summed E-state index contributed by atoms with van der Waals surface area (Å²) in [4.78, 5) is 11.5. The largest absolute Gasteiger partial charge is 0.352 e. The smallest absolute Gasteiger partial charge is 0.170 e. The molecule has 1 aliphatic heterocycles. The van der Waals surface area contributed by atoms with E-state index in [0.717, 1.165) is 16.5 Å². The van der Waals surface area contributed by atoms with E-state index in [0.29, 0.717) is 6.54 Å². The van der Waals surface area contributed by atoms with Crippen LogP contribution in [0.4, 0.5) is 0 Å². The molecule has 0 saturated carbocycles. The van der Waals surface area contributed by atoms with Crippen LogP contribution >= 0.6 is 12.2 Å². The maximum absolute atomic E-state index is 5.86. The van der Waals surface area contributed by atoms with Crippen molar-refractivity contribution < 1.29 is 0 Å². The Morgan fingerprint density at radius 3 is 2.24 bits per heavy atom. The number of aromatic nitrogens is 3. The molecule has 172 valence electrons. The van der Waals surface area contributed by atoms with E-state index in [2.05, 4.69) is 82.8 Å². The van der Waals surface area contributed by atoms with Gasteiger partial charge in [-0.25, -0.2) is 0 Å². The molecule has 0 bridgehead atoms. The molecule has 1 aromatic carbocycles. The number of benzene rings is 1. The first-order chi connectivity index (χ1) is 16.4. The van der Waals surface area contributed by atoms with Crippen LogP contribution in [0.3, 0.4) is 0 Å². The van der Waals surface area contributed by atoms with Gasteiger partial charge in [-0.3, -0.25) is 9.97 Å². The monoisotopic (exact) mass is 467 g/mol. The van der Waals surface area contributed by atoms with Gasteiger partial charge < -0.3 is 14.8 Å². The van der Waals surface area contributed by atoms with Gasteiger partial charge in [0.2, 0.25) is 0 Å². The van der Waals surface area contributed by atoms with Crippen molar-refractivity contribution in [3.8, 4) is 5.69 Å². The maximum atomic E-state index is 5.86. The van der Waals surface area contributed by atoms with E-state index >= 15 is 0 Å². The molecule has 4 heterocycles. The second-order valence-electron chi connectivity index (χ2n) is 9.08. The number of pyridine rings is 2. The van der Waals surface area contributed by atoms with Gasteiger partial charge in [-0.15, -0.1) is 0 Å². The van der Waals surface area contributed by atoms with Crippen LogP contribution in [0, 0.1) is 27.7 Å². The molecule has 5 rings (SSSR count). The highest BCUT2D eigenvalue weighted by Crippen LogP contribution is 2.42. The first-order valence-electron chi connectivity index (χ1n) is 11.6. The van der Waals surface area contributed by atoms with Crippen molar-refractivity contribution >= 4 is 17.3 Å². The number of hydrogen-bond donors (Lipinski definition) is 1. The first kappa shape index (κ1) is 22.3. The summed E-state index contributed by atoms with van der Waals surface area (Å²) in [6.07, 6.45) is 3.68. The molecular weight excluding hydrogens is 438 g/mol. The lowest BCUT2D eigenvalue weighted by Gasteiger charge is -2.28. The minimum atomic E-state index is -0.0504. The molecule has 4 aromatic rings. The molecule has 3 aromatic heterocycles. The molecule has 1 aliphatic rings. The number of nitrogens with zero attached hydrogens (tertiary/aromatic N) is 4. The molecule has 0 aliphatic carbocycles. The third kappa shape index (κ3) is 4.10. The molecule has 5 nitrogen and oxygen atoms in total. The predicted octanol–water partition coefficient (Wildman–Crippen LogP) is 5.67. The number of nitrogens with one attached hydrogen (secondary N) is 1. The maximum Gasteiger partial charge on any atom is 0.170 e. The molecule has 0 radical (unpaired) electrons. The standard InChI is InChI=1S/C28H29N5S/c1-18-13-19(2)15-23(14-18)33-20(3)16-24(21(33)4)27-26(25-10-6-8-12-30-25)31-28(34)32(27)17-22-9-5-7-11-29-22/h5-16,26-27H,17H2,1-4H3,(H,31,34)/t26-,27-/m1/s1. The minimum Gasteiger partial charge on any atom is -0.352 e. The Morgan fingerprint density at radius 2 is 1.59 bits per heavy atom. The molecule has 2 atom stereocenters. The van der Waals surface area contributed by atoms with Crippen molar-refractivity contribution in [3.05, 3.63) is 113 Å². The average molecular weight is 468 g/mol. The highest BCUT2D eigenvalue weighted by molar-refractivity contribution is 7.80. The number of rotatable bonds is 5. The van der Waals surface area contributed by atoms with Crippen molar-refractivity contribution in [2.24, 2.45) is 0 Å². The van der Waals surface area contributed by atoms with Gasteiger partial charge in [-0.1, -0.05) is 18.2 Å². The average Bonchev–Trinajstić information content (AvgIpc) is 3.29. The highest BCUT2D eigenvalue weighted by atomic mass is 32.1. The summed E-state index contributed by atoms with van der Waals surface area (Å²) >= 11 is 5.86. The van der Waals surface area contributed by atoms with E-state index in [1.54, 1.807) is 0 Å². The van der Waals surface area contributed by atoms with Gasteiger partial charge >= 0.3 is 0 Å². The quantitative estimate of drug-likeness (QED) is 0.383. The van der Waals surface area contributed by atoms with Gasteiger partial charge in [0, 0.05) is 29.5 Å². The summed E-state index contributed by atoms with van der Waals surface area (Å²) in [5.41, 5.74) is 9.34. The summed E-state index contributed by atoms with van der Waals surface area (Å²) in [6, 6.07) is 21.0. The zero-order chi connectivity index (χ0) is 23.8. The Balaban J connectivity index is 1.63. The van der Waals surface area contributed by atoms with Crippen molar-refractivity contribution in [1.29, 1.82) is 0 Å². The van der Waals surface area contributed by atoms with Crippen LogP contribution in [0.5, 0.6) is 0 Å². The molecule has 1 N–H and O–H groups in total. The van der Waals surface area contributed by atoms with Gasteiger partial charge in [-0.05, 0) is 99.1 Å². The summed E-state index contributed by atoms with van der Waals surface area (Å²) in [5, 5.41) is 4.29. The second-order valence-corrected chi connectivity index (χ2v) is 9.47. The molecule has 1 fully saturated rings. The molecule has 6 heteroatoms. The van der Waals surface area contributed by atoms with E-state index < -0.39 is 0 Å². The number of hydrogen-bond acceptors (Lipinski definition) is 3. The lowest BCUT2D eigenvalue weighted by molar-refractivity contribution is 0.307. The molecule has 0 unspecified atom stereocenters. The Hall–Kier alpha value is -3.51. The van der Waals surface area contributed by atoms with Crippen molar-refractivity contribution in [3.63, 3.8) is 0 Å². The van der Waals surface area contributed by atoms with Gasteiger partial charge in [-0.2, -0.15) is 0 Å². The van der Waals surface area contributed by atoms with Crippen LogP contribution in [-0.4, -0.2) is 24.5 Å². The van der Waals surface area contributed by atoms with E-state index in [1.807, 2.05) is 42.7 Å². The SMILES string of the molecule is Cc1cc(C)cc(-n2c(C)cc([C@@H]3[C@@H](c4ccccn4)NC(=S)N3Cc3ccccn3)c2C)c1. The lowest BCUT2D eigenvalue weighted by atomic mass is 9.96. The summed E-state index contributed by atoms with van der Waals surface area (Å²) in [6.45, 7) is 9.31. The van der Waals surface area contributed by atoms with Gasteiger partial charge in [0.1, 0.15) is 0 Å². The second kappa shape index (κ2) is 9.03. The van der Waals surface area contributed by atoms with Crippen LogP contribution in [0.25, 0.3) is 5.69 Å². The summed E-state index contributed by atoms with van der Waals surface area (Å²) < 4.78 is 2.35. The van der Waals surface area contributed by atoms with E-state index in [9.17, 15) is 0 Å². The summed E-state index contributed by atoms with van der Waals surface area (Å²) in [5.74, 6) is 0. The third-order valence-corrected chi connectivity index (χ3v) is 6.86. The van der Waals surface area contributed by atoms with Crippen LogP contribution < -0.4 is 5.32 Å². The van der Waals surface area contributed by atoms with Gasteiger partial charge in [0.25, 0.3) is 0 Å². The molecule has 34 heavy (non-hydrogen) atoms. The van der Waals surface area contributed by atoms with Gasteiger partial charge in [0.05, 0.1) is 30.0 Å². The van der Waals surface area contributed by atoms with Crippen molar-refractivity contribution in [1.82, 2.24) is 24.8 Å². The molecular formula is C28H29N5S. The van der Waals surface area contributed by atoms with Crippen molar-refractivity contribution in [2.75, 3.05) is 0 Å². The Bertz CT molecular complexity index is 1310. The minimum absolute atomic E-state index is 0.00439. The number of aryl methyl sites for hydroxylation is 3. The molecule has 1 saturated heterocycles. The Morgan fingerprint density at radius 1 is 0.882 bits per heavy atom. The zero-order valence-electron chi connectivity index (χ0n) is 20.0. The van der Waals surface area contributed by atoms with Gasteiger partial charge in [0.15, 0.2) is 5.11 Å². The van der Waals surface area contributed by atoms with E-state index in [-0.39, 0.29) is 12.1 Å². The zero-order valence-corrected chi connectivity index (χ0v) is 20.8. The van der Waals surface area contributed by atoms with Crippen LogP contribution in [-0.2, 0) is 6.54 Å². The van der Waals surface area contributed by atoms with Crippen molar-refractivity contribution in [2.45, 2.75) is 46.3 Å². The summed E-state index contributed by atoms with van der Waals surface area (Å²) in [7, 11) is 0. The molecule has 0 amide bonds.